The van der Waals surface area contributed by atoms with Crippen LogP contribution in [0.3, 0.4) is 0 Å². The molecule has 0 saturated heterocycles. The molecule has 182 valence electrons. The van der Waals surface area contributed by atoms with Crippen molar-refractivity contribution in [3.05, 3.63) is 57.2 Å². The third-order valence-corrected chi connectivity index (χ3v) is 5.87. The minimum Gasteiger partial charge on any atom is -0.452 e. The Morgan fingerprint density at radius 1 is 1.11 bits per heavy atom. The molecule has 13 heteroatoms. The molecule has 3 aliphatic rings. The van der Waals surface area contributed by atoms with Gasteiger partial charge in [-0.3, -0.25) is 24.1 Å². The molecule has 4 rings (SSSR count). The number of nitrogens with zero attached hydrogens (tertiary/aromatic N) is 2. The van der Waals surface area contributed by atoms with Gasteiger partial charge in [0.05, 0.1) is 5.02 Å². The fourth-order valence-corrected chi connectivity index (χ4v) is 4.08. The van der Waals surface area contributed by atoms with Crippen molar-refractivity contribution in [3.8, 4) is 17.2 Å². The van der Waals surface area contributed by atoms with Gasteiger partial charge in [-0.15, -0.1) is 0 Å². The number of carbonyl (C=O) groups excluding carboxylic acids is 3. The van der Waals surface area contributed by atoms with Gasteiger partial charge in [-0.25, -0.2) is 10.2 Å². The molecule has 0 saturated carbocycles. The maximum absolute atomic E-state index is 12.9. The fourth-order valence-electron chi connectivity index (χ4n) is 3.58. The zero-order valence-corrected chi connectivity index (χ0v) is 19.5. The summed E-state index contributed by atoms with van der Waals surface area (Å²) in [5.74, 6) is -0.966. The zero-order chi connectivity index (χ0) is 24.9. The van der Waals surface area contributed by atoms with Crippen LogP contribution >= 0.6 is 23.9 Å². The second-order valence-electron chi connectivity index (χ2n) is 7.44. The number of rotatable bonds is 11. The van der Waals surface area contributed by atoms with E-state index in [4.69, 9.17) is 25.5 Å². The van der Waals surface area contributed by atoms with Gasteiger partial charge in [0, 0.05) is 31.2 Å². The Kier molecular flexibility index (Phi) is 7.78. The van der Waals surface area contributed by atoms with Crippen molar-refractivity contribution in [2.24, 2.45) is 0 Å². The molecule has 0 atom stereocenters. The van der Waals surface area contributed by atoms with E-state index >= 15 is 0 Å². The second-order valence-corrected chi connectivity index (χ2v) is 8.29. The van der Waals surface area contributed by atoms with Crippen LogP contribution in [-0.2, 0) is 19.0 Å². The number of hydrogen-bond acceptors (Lipinski definition) is 11. The Morgan fingerprint density at radius 2 is 1.89 bits per heavy atom. The summed E-state index contributed by atoms with van der Waals surface area (Å²) < 4.78 is 15.2. The summed E-state index contributed by atoms with van der Waals surface area (Å²) in [4.78, 5) is 54.2. The molecule has 0 fully saturated rings. The molecule has 35 heavy (non-hydrogen) atoms. The van der Waals surface area contributed by atoms with Crippen LogP contribution in [0.5, 0.6) is 5.75 Å². The van der Waals surface area contributed by atoms with Crippen LogP contribution in [0.4, 0.5) is 0 Å². The largest absolute Gasteiger partial charge is 0.452 e. The molecule has 0 radical (unpaired) electrons. The summed E-state index contributed by atoms with van der Waals surface area (Å²) in [5, 5.41) is 11.8. The molecule has 1 aliphatic carbocycles. The monoisotopic (exact) mass is 520 g/mol. The summed E-state index contributed by atoms with van der Waals surface area (Å²) >= 11 is 6.45. The number of carbonyl (C=O) groups is 3. The topological polar surface area (TPSA) is 145 Å². The molecule has 0 spiro atoms. The Hall–Kier alpha value is -3.29. The van der Waals surface area contributed by atoms with Gasteiger partial charge in [0.2, 0.25) is 0 Å². The lowest BCUT2D eigenvalue weighted by Crippen LogP contribution is -2.30. The summed E-state index contributed by atoms with van der Waals surface area (Å²) in [6.07, 6.45) is 4.10. The van der Waals surface area contributed by atoms with Crippen LogP contribution in [0.1, 0.15) is 36.0 Å². The predicted octanol–water partition coefficient (Wildman–Crippen LogP) is 3.98. The molecular weight excluding hydrogens is 504 g/mol. The Morgan fingerprint density at radius 3 is 2.63 bits per heavy atom. The highest BCUT2D eigenvalue weighted by atomic mass is 35.5. The third-order valence-electron chi connectivity index (χ3n) is 5.21. The Balaban J connectivity index is 1.49. The van der Waals surface area contributed by atoms with Gasteiger partial charge in [-0.2, -0.15) is 0 Å². The van der Waals surface area contributed by atoms with Crippen LogP contribution in [0, 0.1) is 0 Å². The molecule has 1 aromatic carbocycles. The van der Waals surface area contributed by atoms with E-state index in [0.29, 0.717) is 42.8 Å². The highest BCUT2D eigenvalue weighted by Crippen LogP contribution is 2.35. The number of benzene rings is 2. The normalized spacial score (nSPS) is 13.4. The number of unbranched alkanes of at least 4 members (excludes halogenated alkanes) is 2. The van der Waals surface area contributed by atoms with E-state index in [-0.39, 0.29) is 52.5 Å². The fraction of sp³-hybridized carbons (Fsp3) is 0.227. The number of fused-ring (bicyclic) bond motifs is 2. The Labute approximate surface area is 206 Å². The van der Waals surface area contributed by atoms with E-state index in [2.05, 4.69) is 14.4 Å². The van der Waals surface area contributed by atoms with E-state index in [1.807, 2.05) is 0 Å². The van der Waals surface area contributed by atoms with E-state index in [0.717, 1.165) is 4.90 Å². The first kappa shape index (κ1) is 24.8. The van der Waals surface area contributed by atoms with Crippen molar-refractivity contribution in [1.29, 1.82) is 0 Å². The van der Waals surface area contributed by atoms with Gasteiger partial charge in [0.1, 0.15) is 16.8 Å². The number of aromatic nitrogens is 1. The van der Waals surface area contributed by atoms with Crippen molar-refractivity contribution < 1.29 is 37.6 Å². The highest BCUT2D eigenvalue weighted by molar-refractivity contribution is 7.90. The van der Waals surface area contributed by atoms with Crippen LogP contribution in [0.2, 0.25) is 5.02 Å². The van der Waals surface area contributed by atoms with E-state index in [1.165, 1.54) is 36.4 Å². The second kappa shape index (κ2) is 11.0. The molecule has 0 unspecified atom stereocenters. The van der Waals surface area contributed by atoms with Crippen molar-refractivity contribution >= 4 is 52.6 Å². The summed E-state index contributed by atoms with van der Waals surface area (Å²) in [5.41, 5.74) is 0.235. The standard InChI is InChI=1S/C22H17ClN2O9S/c23-12-10-14-18(11-17(12)32-35-34-33-30)31-22-13(24-14)5-6-16(27)21(22)15(26)4-2-1-3-9-25-19(28)7-8-20(25)29/h5-8,10-11,30H,1-4,9H2. The van der Waals surface area contributed by atoms with Gasteiger partial charge in [0.15, 0.2) is 28.3 Å². The number of halogens is 1. The van der Waals surface area contributed by atoms with Crippen LogP contribution in [0.15, 0.2) is 45.6 Å². The van der Waals surface area contributed by atoms with Crippen molar-refractivity contribution in [2.45, 2.75) is 25.7 Å². The molecule has 2 aliphatic heterocycles. The average molecular weight is 521 g/mol. The van der Waals surface area contributed by atoms with Gasteiger partial charge in [0.25, 0.3) is 24.1 Å². The predicted molar refractivity (Wildman–Crippen MR) is 124 cm³/mol. The first-order valence-electron chi connectivity index (χ1n) is 10.3. The van der Waals surface area contributed by atoms with Crippen molar-refractivity contribution in [2.75, 3.05) is 6.54 Å². The SMILES string of the molecule is O=C(CCCCCN1C(=O)C=CC1=O)c1c2oc3cc(OSOOO)c(Cl)cc3nc-2ccc1=O. The molecule has 0 aromatic heterocycles. The average Bonchev–Trinajstić information content (AvgIpc) is 3.15. The first-order valence-corrected chi connectivity index (χ1v) is 11.4. The molecule has 1 aromatic rings. The number of ketones is 1. The highest BCUT2D eigenvalue weighted by Gasteiger charge is 2.24. The van der Waals surface area contributed by atoms with Crippen LogP contribution < -0.4 is 9.61 Å². The molecule has 2 amide bonds. The van der Waals surface area contributed by atoms with Gasteiger partial charge in [-0.05, 0) is 31.0 Å². The quantitative estimate of drug-likeness (QED) is 0.0744. The lowest BCUT2D eigenvalue weighted by Gasteiger charge is -2.13. The molecule has 0 bridgehead atoms. The van der Waals surface area contributed by atoms with Gasteiger partial charge >= 0.3 is 0 Å². The minimum absolute atomic E-state index is 0.0326. The Bertz CT molecular complexity index is 1340. The lowest BCUT2D eigenvalue weighted by atomic mass is 10.00. The molecule has 2 heterocycles. The van der Waals surface area contributed by atoms with Gasteiger partial charge in [-0.1, -0.05) is 27.4 Å². The van der Waals surface area contributed by atoms with E-state index in [9.17, 15) is 19.2 Å². The van der Waals surface area contributed by atoms with Crippen molar-refractivity contribution in [3.63, 3.8) is 0 Å². The summed E-state index contributed by atoms with van der Waals surface area (Å²) in [6.45, 7) is 0.270. The maximum atomic E-state index is 12.9. The van der Waals surface area contributed by atoms with Crippen molar-refractivity contribution in [1.82, 2.24) is 9.88 Å². The number of Topliss-reactive ketones (excluding diaryl/α,β-unsaturated/α-hetero) is 1. The number of amides is 2. The number of imide groups is 1. The zero-order valence-electron chi connectivity index (χ0n) is 17.9. The summed E-state index contributed by atoms with van der Waals surface area (Å²) in [7, 11) is 0. The number of hydrogen-bond donors (Lipinski definition) is 1. The molecular formula is C22H17ClN2O9S. The smallest absolute Gasteiger partial charge is 0.261 e. The lowest BCUT2D eigenvalue weighted by molar-refractivity contribution is -0.433. The van der Waals surface area contributed by atoms with Crippen LogP contribution in [0.25, 0.3) is 22.6 Å². The maximum Gasteiger partial charge on any atom is 0.261 e. The minimum atomic E-state index is -0.499. The summed E-state index contributed by atoms with van der Waals surface area (Å²) in [6, 6.07) is 5.56. The third kappa shape index (κ3) is 5.52. The van der Waals surface area contributed by atoms with E-state index in [1.54, 1.807) is 0 Å². The van der Waals surface area contributed by atoms with Gasteiger partial charge < -0.3 is 8.60 Å². The molecule has 11 nitrogen and oxygen atoms in total. The van der Waals surface area contributed by atoms with Crippen LogP contribution in [-0.4, -0.2) is 39.3 Å². The first-order chi connectivity index (χ1) is 16.9. The molecule has 1 N–H and O–H groups in total. The van der Waals surface area contributed by atoms with E-state index < -0.39 is 11.2 Å².